The zero-order valence-electron chi connectivity index (χ0n) is 14.9. The Morgan fingerprint density at radius 1 is 1.40 bits per heavy atom. The van der Waals surface area contributed by atoms with Crippen molar-refractivity contribution in [3.63, 3.8) is 0 Å². The molecule has 0 saturated carbocycles. The van der Waals surface area contributed by atoms with Gasteiger partial charge in [0.25, 0.3) is 0 Å². The SMILES string of the molecule is CN(CC1CCNN1)C(=O)CCCn1nnnc1CN1CCOCC1. The number of hydrogen-bond donors (Lipinski definition) is 2. The highest BCUT2D eigenvalue weighted by Crippen LogP contribution is 2.06. The van der Waals surface area contributed by atoms with E-state index in [1.807, 2.05) is 11.7 Å². The number of rotatable bonds is 8. The maximum Gasteiger partial charge on any atom is 0.222 e. The summed E-state index contributed by atoms with van der Waals surface area (Å²) in [5, 5.41) is 12.0. The molecule has 1 unspecified atom stereocenters. The van der Waals surface area contributed by atoms with E-state index in [9.17, 15) is 4.79 Å². The number of carbonyl (C=O) groups excluding carboxylic acids is 1. The second-order valence-corrected chi connectivity index (χ2v) is 6.64. The Labute approximate surface area is 147 Å². The fourth-order valence-electron chi connectivity index (χ4n) is 3.14. The predicted octanol–water partition coefficient (Wildman–Crippen LogP) is -1.39. The van der Waals surface area contributed by atoms with E-state index in [4.69, 9.17) is 4.74 Å². The summed E-state index contributed by atoms with van der Waals surface area (Å²) in [6.45, 7) is 6.40. The van der Waals surface area contributed by atoms with E-state index in [-0.39, 0.29) is 5.91 Å². The van der Waals surface area contributed by atoms with Gasteiger partial charge in [-0.2, -0.15) is 0 Å². The van der Waals surface area contributed by atoms with Crippen LogP contribution in [0.2, 0.25) is 0 Å². The fourth-order valence-corrected chi connectivity index (χ4v) is 3.14. The third kappa shape index (κ3) is 5.43. The zero-order chi connectivity index (χ0) is 17.5. The van der Waals surface area contributed by atoms with Crippen molar-refractivity contribution in [1.29, 1.82) is 0 Å². The predicted molar refractivity (Wildman–Crippen MR) is 90.3 cm³/mol. The molecule has 1 atom stereocenters. The van der Waals surface area contributed by atoms with E-state index in [1.165, 1.54) is 0 Å². The molecule has 25 heavy (non-hydrogen) atoms. The Kier molecular flexibility index (Phi) is 6.68. The molecule has 1 amide bonds. The van der Waals surface area contributed by atoms with E-state index >= 15 is 0 Å². The molecule has 0 radical (unpaired) electrons. The van der Waals surface area contributed by atoms with Crippen LogP contribution < -0.4 is 10.9 Å². The van der Waals surface area contributed by atoms with Crippen molar-refractivity contribution in [2.75, 3.05) is 46.4 Å². The van der Waals surface area contributed by atoms with Crippen molar-refractivity contribution in [2.45, 2.75) is 38.4 Å². The molecule has 2 N–H and O–H groups in total. The smallest absolute Gasteiger partial charge is 0.222 e. The number of hydrazine groups is 1. The number of likely N-dealkylation sites (N-methyl/N-ethyl adjacent to an activating group) is 1. The Morgan fingerprint density at radius 3 is 3.00 bits per heavy atom. The summed E-state index contributed by atoms with van der Waals surface area (Å²) in [5.41, 5.74) is 6.27. The second-order valence-electron chi connectivity index (χ2n) is 6.64. The topological polar surface area (TPSA) is 100 Å². The number of carbonyl (C=O) groups is 1. The highest BCUT2D eigenvalue weighted by Gasteiger charge is 2.19. The summed E-state index contributed by atoms with van der Waals surface area (Å²) in [6.07, 6.45) is 2.29. The third-order valence-corrected chi connectivity index (χ3v) is 4.68. The van der Waals surface area contributed by atoms with Gasteiger partial charge < -0.3 is 9.64 Å². The minimum atomic E-state index is 0.163. The van der Waals surface area contributed by atoms with Crippen LogP contribution in [0.5, 0.6) is 0 Å². The molecular formula is C15H28N8O2. The van der Waals surface area contributed by atoms with Gasteiger partial charge >= 0.3 is 0 Å². The van der Waals surface area contributed by atoms with Crippen molar-refractivity contribution < 1.29 is 9.53 Å². The van der Waals surface area contributed by atoms with Gasteiger partial charge in [-0.1, -0.05) is 0 Å². The van der Waals surface area contributed by atoms with Crippen molar-refractivity contribution >= 4 is 5.91 Å². The van der Waals surface area contributed by atoms with Crippen molar-refractivity contribution in [1.82, 2.24) is 40.9 Å². The zero-order valence-corrected chi connectivity index (χ0v) is 14.9. The number of nitrogens with one attached hydrogen (secondary N) is 2. The molecule has 1 aromatic rings. The van der Waals surface area contributed by atoms with Crippen LogP contribution in [-0.4, -0.2) is 88.4 Å². The Hall–Kier alpha value is -1.62. The first-order valence-corrected chi connectivity index (χ1v) is 9.00. The maximum absolute atomic E-state index is 12.3. The van der Waals surface area contributed by atoms with Crippen LogP contribution >= 0.6 is 0 Å². The van der Waals surface area contributed by atoms with Gasteiger partial charge in [0.1, 0.15) is 0 Å². The van der Waals surface area contributed by atoms with Crippen LogP contribution in [0.1, 0.15) is 25.1 Å². The van der Waals surface area contributed by atoms with Crippen molar-refractivity contribution in [2.24, 2.45) is 0 Å². The summed E-state index contributed by atoms with van der Waals surface area (Å²) in [4.78, 5) is 16.3. The average Bonchev–Trinajstić information content (AvgIpc) is 3.28. The summed E-state index contributed by atoms with van der Waals surface area (Å²) < 4.78 is 7.17. The van der Waals surface area contributed by atoms with Crippen LogP contribution in [0.3, 0.4) is 0 Å². The summed E-state index contributed by atoms with van der Waals surface area (Å²) >= 11 is 0. The number of amides is 1. The molecule has 3 rings (SSSR count). The van der Waals surface area contributed by atoms with Crippen LogP contribution in [0.4, 0.5) is 0 Å². The first-order valence-electron chi connectivity index (χ1n) is 9.00. The van der Waals surface area contributed by atoms with Gasteiger partial charge in [-0.15, -0.1) is 5.10 Å². The highest BCUT2D eigenvalue weighted by molar-refractivity contribution is 5.75. The molecule has 0 bridgehead atoms. The van der Waals surface area contributed by atoms with Gasteiger partial charge in [0, 0.05) is 52.2 Å². The number of aryl methyl sites for hydroxylation is 1. The minimum absolute atomic E-state index is 0.163. The van der Waals surface area contributed by atoms with Gasteiger partial charge in [0.15, 0.2) is 5.82 Å². The Morgan fingerprint density at radius 2 is 2.24 bits per heavy atom. The normalized spacial score (nSPS) is 21.6. The number of ether oxygens (including phenoxy) is 1. The molecule has 0 aromatic carbocycles. The van der Waals surface area contributed by atoms with Crippen LogP contribution in [0.25, 0.3) is 0 Å². The van der Waals surface area contributed by atoms with Crippen molar-refractivity contribution in [3.05, 3.63) is 5.82 Å². The van der Waals surface area contributed by atoms with E-state index in [0.717, 1.165) is 64.6 Å². The van der Waals surface area contributed by atoms with Gasteiger partial charge in [-0.05, 0) is 23.3 Å². The van der Waals surface area contributed by atoms with E-state index in [1.54, 1.807) is 4.90 Å². The molecule has 0 spiro atoms. The summed E-state index contributed by atoms with van der Waals surface area (Å²) in [6, 6.07) is 0.341. The molecule has 10 nitrogen and oxygen atoms in total. The monoisotopic (exact) mass is 352 g/mol. The lowest BCUT2D eigenvalue weighted by Crippen LogP contribution is -2.41. The van der Waals surface area contributed by atoms with E-state index in [0.29, 0.717) is 19.0 Å². The summed E-state index contributed by atoms with van der Waals surface area (Å²) in [7, 11) is 1.86. The molecule has 3 heterocycles. The lowest BCUT2D eigenvalue weighted by molar-refractivity contribution is -0.130. The molecule has 2 fully saturated rings. The first kappa shape index (κ1) is 18.2. The molecule has 1 aromatic heterocycles. The molecule has 2 aliphatic heterocycles. The standard InChI is InChI=1S/C15H28N8O2/c1-21(11-13-4-5-16-17-13)15(24)3-2-6-23-14(18-19-20-23)12-22-7-9-25-10-8-22/h13,16-17H,2-12H2,1H3. The minimum Gasteiger partial charge on any atom is -0.379 e. The maximum atomic E-state index is 12.3. The van der Waals surface area contributed by atoms with E-state index < -0.39 is 0 Å². The molecule has 2 aliphatic rings. The third-order valence-electron chi connectivity index (χ3n) is 4.68. The lowest BCUT2D eigenvalue weighted by atomic mass is 10.2. The Balaban J connectivity index is 1.39. The van der Waals surface area contributed by atoms with Gasteiger partial charge in [0.05, 0.1) is 19.8 Å². The van der Waals surface area contributed by atoms with Crippen LogP contribution in [-0.2, 0) is 22.6 Å². The largest absolute Gasteiger partial charge is 0.379 e. The number of aromatic nitrogens is 4. The van der Waals surface area contributed by atoms with E-state index in [2.05, 4.69) is 31.3 Å². The molecule has 140 valence electrons. The highest BCUT2D eigenvalue weighted by atomic mass is 16.5. The number of nitrogens with zero attached hydrogens (tertiary/aromatic N) is 6. The molecule has 10 heteroatoms. The first-order chi connectivity index (χ1) is 12.2. The fraction of sp³-hybridized carbons (Fsp3) is 0.867. The van der Waals surface area contributed by atoms with Gasteiger partial charge in [-0.3, -0.25) is 20.5 Å². The number of morpholine rings is 1. The quantitative estimate of drug-likeness (QED) is 0.590. The summed E-state index contributed by atoms with van der Waals surface area (Å²) in [5.74, 6) is 1.01. The van der Waals surface area contributed by atoms with Gasteiger partial charge in [-0.25, -0.2) is 4.68 Å². The number of tetrazole rings is 1. The second kappa shape index (κ2) is 9.18. The molecule has 2 saturated heterocycles. The Bertz CT molecular complexity index is 539. The van der Waals surface area contributed by atoms with Crippen LogP contribution in [0, 0.1) is 0 Å². The van der Waals surface area contributed by atoms with Crippen molar-refractivity contribution in [3.8, 4) is 0 Å². The lowest BCUT2D eigenvalue weighted by Gasteiger charge is -2.25. The molecule has 0 aliphatic carbocycles. The molecular weight excluding hydrogens is 324 g/mol. The average molecular weight is 352 g/mol. The van der Waals surface area contributed by atoms with Crippen LogP contribution in [0.15, 0.2) is 0 Å². The number of hydrogen-bond acceptors (Lipinski definition) is 8. The van der Waals surface area contributed by atoms with Gasteiger partial charge in [0.2, 0.25) is 5.91 Å².